The van der Waals surface area contributed by atoms with Gasteiger partial charge in [0, 0.05) is 17.8 Å². The summed E-state index contributed by atoms with van der Waals surface area (Å²) in [6, 6.07) is 14.2. The van der Waals surface area contributed by atoms with Crippen LogP contribution in [0.1, 0.15) is 51.7 Å². The standard InChI is InChI=1S/C26H35N3O4/c1-17(27)24(31)28-20-11-9-18(10-12-20)15-21-13-14-22(16-19-7-5-6-8-23(19)30)29(21)25(32)33-26(2,3)4/h5-12,17,21-22,30H,13-16,27H2,1-4H3,(H,28,31)/t17-,21-,22+/m0/s1. The number of benzene rings is 2. The van der Waals surface area contributed by atoms with Gasteiger partial charge in [-0.3, -0.25) is 4.79 Å². The van der Waals surface area contributed by atoms with Gasteiger partial charge in [-0.15, -0.1) is 0 Å². The number of likely N-dealkylation sites (tertiary alicyclic amines) is 1. The van der Waals surface area contributed by atoms with Crippen LogP contribution in [0.4, 0.5) is 10.5 Å². The van der Waals surface area contributed by atoms with E-state index in [1.165, 1.54) is 0 Å². The van der Waals surface area contributed by atoms with Crippen molar-refractivity contribution in [2.75, 3.05) is 5.32 Å². The molecule has 0 aromatic heterocycles. The molecule has 3 rings (SSSR count). The summed E-state index contributed by atoms with van der Waals surface area (Å²) in [6.07, 6.45) is 2.61. The highest BCUT2D eigenvalue weighted by Crippen LogP contribution is 2.32. The Morgan fingerprint density at radius 3 is 2.27 bits per heavy atom. The fourth-order valence-corrected chi connectivity index (χ4v) is 4.16. The number of nitrogens with two attached hydrogens (primary N) is 1. The molecule has 2 aromatic carbocycles. The fourth-order valence-electron chi connectivity index (χ4n) is 4.16. The number of amides is 2. The summed E-state index contributed by atoms with van der Waals surface area (Å²) in [5.41, 5.74) is 7.60. The first kappa shape index (κ1) is 24.6. The van der Waals surface area contributed by atoms with Gasteiger partial charge in [0.15, 0.2) is 0 Å². The molecule has 0 bridgehead atoms. The third-order valence-electron chi connectivity index (χ3n) is 5.78. The van der Waals surface area contributed by atoms with E-state index in [-0.39, 0.29) is 29.8 Å². The number of carbonyl (C=O) groups excluding carboxylic acids is 2. The molecule has 7 nitrogen and oxygen atoms in total. The van der Waals surface area contributed by atoms with E-state index in [0.29, 0.717) is 18.5 Å². The Hall–Kier alpha value is -3.06. The molecule has 7 heteroatoms. The van der Waals surface area contributed by atoms with Gasteiger partial charge in [0.1, 0.15) is 11.4 Å². The predicted octanol–water partition coefficient (Wildman–Crippen LogP) is 4.23. The summed E-state index contributed by atoms with van der Waals surface area (Å²) >= 11 is 0. The van der Waals surface area contributed by atoms with Crippen LogP contribution < -0.4 is 11.1 Å². The van der Waals surface area contributed by atoms with Crippen LogP contribution in [-0.2, 0) is 22.4 Å². The normalized spacial score (nSPS) is 19.2. The Balaban J connectivity index is 1.76. The maximum atomic E-state index is 13.2. The van der Waals surface area contributed by atoms with Gasteiger partial charge in [-0.25, -0.2) is 4.79 Å². The fraction of sp³-hybridized carbons (Fsp3) is 0.462. The van der Waals surface area contributed by atoms with E-state index >= 15 is 0 Å². The third-order valence-corrected chi connectivity index (χ3v) is 5.78. The number of hydrogen-bond donors (Lipinski definition) is 3. The Morgan fingerprint density at radius 1 is 1.09 bits per heavy atom. The smallest absolute Gasteiger partial charge is 0.410 e. The summed E-state index contributed by atoms with van der Waals surface area (Å²) in [6.45, 7) is 7.23. The lowest BCUT2D eigenvalue weighted by molar-refractivity contribution is -0.117. The van der Waals surface area contributed by atoms with E-state index in [0.717, 1.165) is 24.0 Å². The first-order chi connectivity index (χ1) is 15.5. The Labute approximate surface area is 195 Å². The molecule has 1 saturated heterocycles. The molecule has 4 N–H and O–H groups in total. The van der Waals surface area contributed by atoms with Crippen molar-refractivity contribution in [3.8, 4) is 5.75 Å². The largest absolute Gasteiger partial charge is 0.508 e. The van der Waals surface area contributed by atoms with E-state index in [4.69, 9.17) is 10.5 Å². The van der Waals surface area contributed by atoms with E-state index in [2.05, 4.69) is 5.32 Å². The molecule has 0 unspecified atom stereocenters. The molecule has 0 aliphatic carbocycles. The van der Waals surface area contributed by atoms with Crippen molar-refractivity contribution in [3.05, 3.63) is 59.7 Å². The zero-order valence-electron chi connectivity index (χ0n) is 19.9. The van der Waals surface area contributed by atoms with Gasteiger partial charge < -0.3 is 25.8 Å². The number of phenolic OH excluding ortho intramolecular Hbond substituents is 1. The predicted molar refractivity (Wildman–Crippen MR) is 129 cm³/mol. The molecule has 178 valence electrons. The lowest BCUT2D eigenvalue weighted by atomic mass is 10.0. The molecular weight excluding hydrogens is 418 g/mol. The van der Waals surface area contributed by atoms with E-state index in [1.807, 2.05) is 62.1 Å². The van der Waals surface area contributed by atoms with Crippen LogP contribution in [0, 0.1) is 0 Å². The van der Waals surface area contributed by atoms with Crippen LogP contribution >= 0.6 is 0 Å². The minimum atomic E-state index is -0.594. The molecular formula is C26H35N3O4. The van der Waals surface area contributed by atoms with Gasteiger partial charge in [0.2, 0.25) is 5.91 Å². The number of nitrogens with one attached hydrogen (secondary N) is 1. The van der Waals surface area contributed by atoms with Gasteiger partial charge in [0.05, 0.1) is 6.04 Å². The van der Waals surface area contributed by atoms with E-state index < -0.39 is 11.6 Å². The van der Waals surface area contributed by atoms with Crippen LogP contribution in [0.25, 0.3) is 0 Å². The number of aromatic hydroxyl groups is 1. The molecule has 0 radical (unpaired) electrons. The van der Waals surface area contributed by atoms with Crippen LogP contribution in [0.15, 0.2) is 48.5 Å². The molecule has 1 fully saturated rings. The minimum Gasteiger partial charge on any atom is -0.508 e. The average Bonchev–Trinajstić information content (AvgIpc) is 3.12. The van der Waals surface area contributed by atoms with Gasteiger partial charge in [-0.05, 0) is 82.7 Å². The highest BCUT2D eigenvalue weighted by Gasteiger charge is 2.39. The van der Waals surface area contributed by atoms with Crippen molar-refractivity contribution in [1.29, 1.82) is 0 Å². The van der Waals surface area contributed by atoms with Crippen LogP contribution in [0.3, 0.4) is 0 Å². The minimum absolute atomic E-state index is 0.0137. The summed E-state index contributed by atoms with van der Waals surface area (Å²) in [4.78, 5) is 26.8. The molecule has 1 aliphatic rings. The second kappa shape index (κ2) is 10.3. The van der Waals surface area contributed by atoms with E-state index in [1.54, 1.807) is 19.1 Å². The monoisotopic (exact) mass is 453 g/mol. The maximum absolute atomic E-state index is 13.2. The highest BCUT2D eigenvalue weighted by atomic mass is 16.6. The molecule has 1 heterocycles. The number of carbonyl (C=O) groups is 2. The molecule has 0 saturated carbocycles. The third kappa shape index (κ3) is 6.71. The summed E-state index contributed by atoms with van der Waals surface area (Å²) in [5.74, 6) is 0.0103. The average molecular weight is 454 g/mol. The number of nitrogens with zero attached hydrogens (tertiary/aromatic N) is 1. The Morgan fingerprint density at radius 2 is 1.70 bits per heavy atom. The van der Waals surface area contributed by atoms with Crippen molar-refractivity contribution in [2.45, 2.75) is 77.1 Å². The zero-order chi connectivity index (χ0) is 24.2. The molecule has 1 aliphatic heterocycles. The van der Waals surface area contributed by atoms with Crippen molar-refractivity contribution in [1.82, 2.24) is 4.90 Å². The Kier molecular flexibility index (Phi) is 7.64. The quantitative estimate of drug-likeness (QED) is 0.607. The zero-order valence-corrected chi connectivity index (χ0v) is 19.9. The van der Waals surface area contributed by atoms with Gasteiger partial charge in [0.25, 0.3) is 0 Å². The van der Waals surface area contributed by atoms with Crippen molar-refractivity contribution in [3.63, 3.8) is 0 Å². The highest BCUT2D eigenvalue weighted by molar-refractivity contribution is 5.94. The van der Waals surface area contributed by atoms with Gasteiger partial charge >= 0.3 is 6.09 Å². The van der Waals surface area contributed by atoms with Crippen molar-refractivity contribution < 1.29 is 19.4 Å². The molecule has 3 atom stereocenters. The molecule has 2 amide bonds. The second-order valence-electron chi connectivity index (χ2n) is 9.78. The summed E-state index contributed by atoms with van der Waals surface area (Å²) in [7, 11) is 0. The van der Waals surface area contributed by atoms with Gasteiger partial charge in [-0.1, -0.05) is 30.3 Å². The number of ether oxygens (including phenoxy) is 1. The van der Waals surface area contributed by atoms with Gasteiger partial charge in [-0.2, -0.15) is 0 Å². The lowest BCUT2D eigenvalue weighted by Gasteiger charge is -2.33. The van der Waals surface area contributed by atoms with Crippen molar-refractivity contribution in [2.24, 2.45) is 5.73 Å². The van der Waals surface area contributed by atoms with Crippen LogP contribution in [0.5, 0.6) is 5.75 Å². The SMILES string of the molecule is C[C@H](N)C(=O)Nc1ccc(C[C@@H]2CC[C@H](Cc3ccccc3O)N2C(=O)OC(C)(C)C)cc1. The molecule has 2 aromatic rings. The lowest BCUT2D eigenvalue weighted by Crippen LogP contribution is -2.45. The summed E-state index contributed by atoms with van der Waals surface area (Å²) < 4.78 is 5.74. The molecule has 0 spiro atoms. The first-order valence-corrected chi connectivity index (χ1v) is 11.5. The number of hydrogen-bond acceptors (Lipinski definition) is 5. The number of anilines is 1. The van der Waals surface area contributed by atoms with Crippen molar-refractivity contribution >= 4 is 17.7 Å². The second-order valence-corrected chi connectivity index (χ2v) is 9.78. The van der Waals surface area contributed by atoms with Crippen LogP contribution in [0.2, 0.25) is 0 Å². The van der Waals surface area contributed by atoms with Crippen LogP contribution in [-0.4, -0.2) is 45.7 Å². The summed E-state index contributed by atoms with van der Waals surface area (Å²) in [5, 5.41) is 13.0. The first-order valence-electron chi connectivity index (χ1n) is 11.5. The number of rotatable bonds is 6. The topological polar surface area (TPSA) is 105 Å². The number of para-hydroxylation sites is 1. The molecule has 33 heavy (non-hydrogen) atoms. The Bertz CT molecular complexity index is 966. The maximum Gasteiger partial charge on any atom is 0.410 e. The number of phenols is 1. The van der Waals surface area contributed by atoms with E-state index in [9.17, 15) is 14.7 Å².